The lowest BCUT2D eigenvalue weighted by molar-refractivity contribution is -0.118. The Balaban J connectivity index is 1.47. The molecule has 0 saturated heterocycles. The van der Waals surface area contributed by atoms with Gasteiger partial charge < -0.3 is 10.1 Å². The van der Waals surface area contributed by atoms with Gasteiger partial charge >= 0.3 is 0 Å². The molecule has 0 saturated carbocycles. The van der Waals surface area contributed by atoms with Gasteiger partial charge in [0.25, 0.3) is 5.91 Å². The highest BCUT2D eigenvalue weighted by molar-refractivity contribution is 9.10. The third kappa shape index (κ3) is 3.98. The number of benzene rings is 3. The van der Waals surface area contributed by atoms with Crippen LogP contribution in [0, 0.1) is 0 Å². The molecule has 134 valence electrons. The Kier molecular flexibility index (Phi) is 4.84. The Morgan fingerprint density at radius 2 is 1.93 bits per heavy atom. The van der Waals surface area contributed by atoms with E-state index >= 15 is 0 Å². The highest BCUT2D eigenvalue weighted by atomic mass is 79.9. The predicted molar refractivity (Wildman–Crippen MR) is 107 cm³/mol. The zero-order chi connectivity index (χ0) is 18.6. The molecule has 6 nitrogen and oxygen atoms in total. The van der Waals surface area contributed by atoms with Crippen LogP contribution in [0.15, 0.2) is 77.8 Å². The first-order chi connectivity index (χ1) is 13.2. The number of anilines is 1. The van der Waals surface area contributed by atoms with Gasteiger partial charge in [-0.2, -0.15) is 5.10 Å². The van der Waals surface area contributed by atoms with Crippen LogP contribution in [0.1, 0.15) is 0 Å². The van der Waals surface area contributed by atoms with E-state index in [-0.39, 0.29) is 12.5 Å². The van der Waals surface area contributed by atoms with Gasteiger partial charge in [0.1, 0.15) is 18.4 Å². The minimum absolute atomic E-state index is 0.0956. The summed E-state index contributed by atoms with van der Waals surface area (Å²) in [4.78, 5) is 16.3. The highest BCUT2D eigenvalue weighted by Gasteiger charge is 2.11. The SMILES string of the molecule is O=C(COc1ccc2ccccc2c1)Nc1cc(Br)ccc1-n1cncn1. The Morgan fingerprint density at radius 3 is 2.74 bits per heavy atom. The van der Waals surface area contributed by atoms with E-state index in [9.17, 15) is 4.79 Å². The number of fused-ring (bicyclic) bond motifs is 1. The van der Waals surface area contributed by atoms with Crippen LogP contribution < -0.4 is 10.1 Å². The molecule has 0 aliphatic rings. The molecule has 0 radical (unpaired) electrons. The molecule has 1 aromatic heterocycles. The minimum Gasteiger partial charge on any atom is -0.484 e. The van der Waals surface area contributed by atoms with Crippen molar-refractivity contribution in [2.24, 2.45) is 0 Å². The van der Waals surface area contributed by atoms with Crippen molar-refractivity contribution in [3.63, 3.8) is 0 Å². The summed E-state index contributed by atoms with van der Waals surface area (Å²) in [6.07, 6.45) is 3.01. The number of halogens is 1. The summed E-state index contributed by atoms with van der Waals surface area (Å²) in [5.74, 6) is 0.386. The van der Waals surface area contributed by atoms with E-state index < -0.39 is 0 Å². The maximum Gasteiger partial charge on any atom is 0.262 e. The molecule has 4 rings (SSSR count). The van der Waals surface area contributed by atoms with Gasteiger partial charge in [0.2, 0.25) is 0 Å². The average molecular weight is 423 g/mol. The van der Waals surface area contributed by atoms with Crippen LogP contribution in [0.2, 0.25) is 0 Å². The second kappa shape index (κ2) is 7.59. The zero-order valence-electron chi connectivity index (χ0n) is 14.2. The van der Waals surface area contributed by atoms with Gasteiger partial charge in [-0.3, -0.25) is 4.79 Å². The first-order valence-electron chi connectivity index (χ1n) is 8.25. The van der Waals surface area contributed by atoms with Crippen molar-refractivity contribution < 1.29 is 9.53 Å². The topological polar surface area (TPSA) is 69.0 Å². The Morgan fingerprint density at radius 1 is 1.07 bits per heavy atom. The number of carbonyl (C=O) groups excluding carboxylic acids is 1. The van der Waals surface area contributed by atoms with Crippen LogP contribution in [-0.4, -0.2) is 27.3 Å². The minimum atomic E-state index is -0.261. The standard InChI is InChI=1S/C20H15BrN4O2/c21-16-6-8-19(25-13-22-12-23-25)18(10-16)24-20(26)11-27-17-7-5-14-3-1-2-4-15(14)9-17/h1-10,12-13H,11H2,(H,24,26). The first kappa shape index (κ1) is 17.2. The summed E-state index contributed by atoms with van der Waals surface area (Å²) in [5.41, 5.74) is 1.33. The van der Waals surface area contributed by atoms with Crippen LogP contribution in [0.3, 0.4) is 0 Å². The number of nitrogens with zero attached hydrogens (tertiary/aromatic N) is 3. The lowest BCUT2D eigenvalue weighted by Crippen LogP contribution is -2.21. The largest absolute Gasteiger partial charge is 0.484 e. The molecule has 27 heavy (non-hydrogen) atoms. The number of hydrogen-bond acceptors (Lipinski definition) is 4. The van der Waals surface area contributed by atoms with Gasteiger partial charge in [-0.1, -0.05) is 46.3 Å². The van der Waals surface area contributed by atoms with Crippen molar-refractivity contribution in [3.05, 3.63) is 77.8 Å². The molecule has 0 fully saturated rings. The van der Waals surface area contributed by atoms with Crippen LogP contribution >= 0.6 is 15.9 Å². The lowest BCUT2D eigenvalue weighted by atomic mass is 10.1. The monoisotopic (exact) mass is 422 g/mol. The first-order valence-corrected chi connectivity index (χ1v) is 9.04. The Bertz CT molecular complexity index is 1100. The van der Waals surface area contributed by atoms with Crippen molar-refractivity contribution in [1.82, 2.24) is 14.8 Å². The van der Waals surface area contributed by atoms with Crippen molar-refractivity contribution in [2.75, 3.05) is 11.9 Å². The molecular weight excluding hydrogens is 408 g/mol. The fourth-order valence-corrected chi connectivity index (χ4v) is 3.09. The van der Waals surface area contributed by atoms with Gasteiger partial charge in [0, 0.05) is 4.47 Å². The number of rotatable bonds is 5. The van der Waals surface area contributed by atoms with E-state index in [1.807, 2.05) is 60.7 Å². The third-order valence-electron chi connectivity index (χ3n) is 3.99. The summed E-state index contributed by atoms with van der Waals surface area (Å²) >= 11 is 3.42. The molecule has 0 spiro atoms. The fourth-order valence-electron chi connectivity index (χ4n) is 2.73. The second-order valence-electron chi connectivity index (χ2n) is 5.85. The van der Waals surface area contributed by atoms with E-state index in [4.69, 9.17) is 4.74 Å². The van der Waals surface area contributed by atoms with E-state index in [2.05, 4.69) is 31.3 Å². The van der Waals surface area contributed by atoms with Gasteiger partial charge in [0.15, 0.2) is 6.61 Å². The molecule has 3 aromatic carbocycles. The number of ether oxygens (including phenoxy) is 1. The molecule has 1 heterocycles. The smallest absolute Gasteiger partial charge is 0.262 e. The molecule has 1 amide bonds. The van der Waals surface area contributed by atoms with Crippen LogP contribution in [0.5, 0.6) is 5.75 Å². The number of nitrogens with one attached hydrogen (secondary N) is 1. The van der Waals surface area contributed by atoms with E-state index in [1.54, 1.807) is 11.0 Å². The van der Waals surface area contributed by atoms with Crippen LogP contribution in [0.4, 0.5) is 5.69 Å². The third-order valence-corrected chi connectivity index (χ3v) is 4.48. The second-order valence-corrected chi connectivity index (χ2v) is 6.76. The van der Waals surface area contributed by atoms with Crippen LogP contribution in [0.25, 0.3) is 16.5 Å². The van der Waals surface area contributed by atoms with Gasteiger partial charge in [0.05, 0.1) is 11.4 Å². The summed E-state index contributed by atoms with van der Waals surface area (Å²) < 4.78 is 8.08. The van der Waals surface area contributed by atoms with E-state index in [0.717, 1.165) is 20.9 Å². The fraction of sp³-hybridized carbons (Fsp3) is 0.0500. The molecule has 0 aliphatic heterocycles. The van der Waals surface area contributed by atoms with E-state index in [0.29, 0.717) is 11.4 Å². The quantitative estimate of drug-likeness (QED) is 0.523. The molecular formula is C20H15BrN4O2. The number of hydrogen-bond donors (Lipinski definition) is 1. The summed E-state index contributed by atoms with van der Waals surface area (Å²) in [7, 11) is 0. The molecule has 0 aliphatic carbocycles. The number of carbonyl (C=O) groups is 1. The highest BCUT2D eigenvalue weighted by Crippen LogP contribution is 2.24. The van der Waals surface area contributed by atoms with Crippen LogP contribution in [-0.2, 0) is 4.79 Å². The van der Waals surface area contributed by atoms with Gasteiger partial charge in [-0.25, -0.2) is 9.67 Å². The van der Waals surface area contributed by atoms with E-state index in [1.165, 1.54) is 6.33 Å². The zero-order valence-corrected chi connectivity index (χ0v) is 15.8. The van der Waals surface area contributed by atoms with Crippen molar-refractivity contribution in [3.8, 4) is 11.4 Å². The number of amides is 1. The van der Waals surface area contributed by atoms with Gasteiger partial charge in [-0.15, -0.1) is 0 Å². The molecule has 0 unspecified atom stereocenters. The van der Waals surface area contributed by atoms with Crippen molar-refractivity contribution in [2.45, 2.75) is 0 Å². The summed E-state index contributed by atoms with van der Waals surface area (Å²) in [6.45, 7) is -0.0956. The molecule has 4 aromatic rings. The molecule has 7 heteroatoms. The summed E-state index contributed by atoms with van der Waals surface area (Å²) in [5, 5.41) is 9.17. The maximum atomic E-state index is 12.4. The Labute approximate surface area is 163 Å². The normalized spacial score (nSPS) is 10.7. The number of aromatic nitrogens is 3. The molecule has 0 atom stereocenters. The van der Waals surface area contributed by atoms with Crippen molar-refractivity contribution >= 4 is 38.3 Å². The summed E-state index contributed by atoms with van der Waals surface area (Å²) in [6, 6.07) is 19.3. The molecule has 0 bridgehead atoms. The van der Waals surface area contributed by atoms with Crippen molar-refractivity contribution in [1.29, 1.82) is 0 Å². The molecule has 1 N–H and O–H groups in total. The predicted octanol–water partition coefficient (Wildman–Crippen LogP) is 4.20. The van der Waals surface area contributed by atoms with Gasteiger partial charge in [-0.05, 0) is 41.1 Å². The Hall–Kier alpha value is -3.19. The maximum absolute atomic E-state index is 12.4. The lowest BCUT2D eigenvalue weighted by Gasteiger charge is -2.12. The average Bonchev–Trinajstić information content (AvgIpc) is 3.21.